The van der Waals surface area contributed by atoms with Crippen molar-refractivity contribution in [3.8, 4) is 0 Å². The average molecular weight is 618 g/mol. The van der Waals surface area contributed by atoms with E-state index in [2.05, 4.69) is 43.8 Å². The zero-order chi connectivity index (χ0) is 30.1. The number of aryl methyl sites for hydroxylation is 2. The number of carbonyl (C=O) groups is 1. The number of nitrogens with zero attached hydrogens (tertiary/aromatic N) is 3. The molecule has 0 saturated heterocycles. The number of hydrogen-bond acceptors (Lipinski definition) is 8. The van der Waals surface area contributed by atoms with Gasteiger partial charge in [-0.25, -0.2) is 0 Å². The highest BCUT2D eigenvalue weighted by atomic mass is 35.5. The third kappa shape index (κ3) is 32.0. The summed E-state index contributed by atoms with van der Waals surface area (Å²) in [6.07, 6.45) is 19.5. The second kappa shape index (κ2) is 37.3. The lowest BCUT2D eigenvalue weighted by Gasteiger charge is -2.01. The van der Waals surface area contributed by atoms with Gasteiger partial charge in [-0.05, 0) is 122 Å². The van der Waals surface area contributed by atoms with Gasteiger partial charge in [0.15, 0.2) is 6.29 Å². The fourth-order valence-electron chi connectivity index (χ4n) is 3.58. The first-order chi connectivity index (χ1) is 20.2. The van der Waals surface area contributed by atoms with Crippen LogP contribution in [-0.4, -0.2) is 61.5 Å². The predicted molar refractivity (Wildman–Crippen MR) is 187 cm³/mol. The van der Waals surface area contributed by atoms with E-state index in [-0.39, 0.29) is 19.8 Å². The van der Waals surface area contributed by atoms with Crippen LogP contribution >= 0.6 is 12.4 Å². The molecular formula is C34H60ClN7O. The summed E-state index contributed by atoms with van der Waals surface area (Å²) in [5.74, 6) is 0. The highest BCUT2D eigenvalue weighted by Gasteiger charge is 1.94. The molecule has 0 unspecified atom stereocenters. The minimum absolute atomic E-state index is 0. The second-order valence-electron chi connectivity index (χ2n) is 9.48. The number of pyridine rings is 3. The van der Waals surface area contributed by atoms with Crippen molar-refractivity contribution >= 4 is 18.7 Å². The molecule has 3 rings (SSSR count). The first-order valence-electron chi connectivity index (χ1n) is 15.1. The van der Waals surface area contributed by atoms with Crippen molar-refractivity contribution in [3.63, 3.8) is 0 Å². The molecule has 0 aliphatic carbocycles. The maximum atomic E-state index is 9.94. The van der Waals surface area contributed by atoms with Crippen molar-refractivity contribution in [2.75, 3.05) is 40.3 Å². The Labute approximate surface area is 268 Å². The minimum atomic E-state index is 0. The summed E-state index contributed by atoms with van der Waals surface area (Å²) in [5, 5.41) is 6.15. The smallest absolute Gasteiger partial charge is 0.168 e. The summed E-state index contributed by atoms with van der Waals surface area (Å²) in [7, 11) is 3.93. The number of halogens is 1. The molecule has 0 fully saturated rings. The van der Waals surface area contributed by atoms with Gasteiger partial charge in [0, 0.05) is 30.0 Å². The molecule has 3 heterocycles. The number of rotatable bonds is 17. The van der Waals surface area contributed by atoms with Crippen LogP contribution in [-0.2, 0) is 12.8 Å². The average Bonchev–Trinajstić information content (AvgIpc) is 3.04. The van der Waals surface area contributed by atoms with Gasteiger partial charge in [-0.2, -0.15) is 0 Å². The van der Waals surface area contributed by atoms with Crippen molar-refractivity contribution in [2.24, 2.45) is 11.5 Å². The highest BCUT2D eigenvalue weighted by Crippen LogP contribution is 2.05. The van der Waals surface area contributed by atoms with E-state index in [4.69, 9.17) is 11.5 Å². The first kappa shape index (κ1) is 44.7. The monoisotopic (exact) mass is 617 g/mol. The molecule has 6 N–H and O–H groups in total. The molecule has 3 aromatic heterocycles. The van der Waals surface area contributed by atoms with E-state index in [0.29, 0.717) is 5.69 Å². The Morgan fingerprint density at radius 1 is 0.605 bits per heavy atom. The van der Waals surface area contributed by atoms with Crippen LogP contribution in [0.15, 0.2) is 73.2 Å². The van der Waals surface area contributed by atoms with Gasteiger partial charge in [-0.15, -0.1) is 12.4 Å². The van der Waals surface area contributed by atoms with E-state index >= 15 is 0 Å². The molecule has 0 radical (unpaired) electrons. The fraction of sp³-hybridized carbons (Fsp3) is 0.529. The maximum absolute atomic E-state index is 9.94. The molecule has 0 atom stereocenters. The third-order valence-electron chi connectivity index (χ3n) is 5.89. The maximum Gasteiger partial charge on any atom is 0.168 e. The van der Waals surface area contributed by atoms with Crippen LogP contribution in [0, 0.1) is 0 Å². The topological polar surface area (TPSA) is 132 Å². The van der Waals surface area contributed by atoms with E-state index in [9.17, 15) is 4.79 Å². The lowest BCUT2D eigenvalue weighted by atomic mass is 10.1. The Morgan fingerprint density at radius 3 is 1.40 bits per heavy atom. The van der Waals surface area contributed by atoms with Gasteiger partial charge >= 0.3 is 0 Å². The number of nitrogens with one attached hydrogen (secondary N) is 2. The van der Waals surface area contributed by atoms with Crippen LogP contribution in [0.2, 0.25) is 0 Å². The molecule has 0 aliphatic rings. The summed E-state index contributed by atoms with van der Waals surface area (Å²) in [5.41, 5.74) is 13.5. The highest BCUT2D eigenvalue weighted by molar-refractivity contribution is 5.85. The van der Waals surface area contributed by atoms with Crippen molar-refractivity contribution in [1.82, 2.24) is 25.6 Å². The van der Waals surface area contributed by atoms with Crippen molar-refractivity contribution < 1.29 is 4.79 Å². The molecule has 244 valence electrons. The van der Waals surface area contributed by atoms with Gasteiger partial charge in [-0.1, -0.05) is 51.3 Å². The summed E-state index contributed by atoms with van der Waals surface area (Å²) in [6.45, 7) is 3.80. The first-order valence-corrected chi connectivity index (χ1v) is 15.1. The lowest BCUT2D eigenvalue weighted by molar-refractivity contribution is 0.111. The van der Waals surface area contributed by atoms with Gasteiger partial charge < -0.3 is 22.1 Å². The Bertz CT molecular complexity index is 902. The van der Waals surface area contributed by atoms with Gasteiger partial charge in [0.2, 0.25) is 0 Å². The third-order valence-corrected chi connectivity index (χ3v) is 5.89. The molecule has 9 heteroatoms. The molecule has 0 amide bonds. The van der Waals surface area contributed by atoms with E-state index < -0.39 is 0 Å². The van der Waals surface area contributed by atoms with Gasteiger partial charge in [0.25, 0.3) is 0 Å². The molecule has 0 saturated carbocycles. The Morgan fingerprint density at radius 2 is 1.05 bits per heavy atom. The molecule has 3 aromatic rings. The van der Waals surface area contributed by atoms with E-state index in [1.54, 1.807) is 24.4 Å². The van der Waals surface area contributed by atoms with Gasteiger partial charge in [0.05, 0.1) is 0 Å². The summed E-state index contributed by atoms with van der Waals surface area (Å²) in [6, 6.07) is 17.4. The molecule has 0 aliphatic heterocycles. The van der Waals surface area contributed by atoms with Crippen molar-refractivity contribution in [3.05, 3.63) is 90.3 Å². The number of carbonyl (C=O) groups excluding carboxylic acids is 1. The molecular weight excluding hydrogens is 558 g/mol. The summed E-state index contributed by atoms with van der Waals surface area (Å²) < 4.78 is 0. The van der Waals surface area contributed by atoms with Crippen LogP contribution in [0.5, 0.6) is 0 Å². The standard InChI is InChI=1S/C12H20N2.C11H18N2.C6H5NO.C4H12N2.CH4.ClH/c1-13-10-6-3-2-4-8-12-9-5-7-11-14-12;12-9-5-2-1-3-7-11-8-4-6-10-13-11;8-5-6-3-1-2-4-7-6;1-6-4-2-3-5;;/h5,7,9,11,13H,2-4,6,8,10H2,1H3;4,6,8,10H,1-3,5,7,9,12H2;1-5H;6H,2-5H2,1H3;1H4;1H. The number of hydrogen-bond donors (Lipinski definition) is 4. The van der Waals surface area contributed by atoms with E-state index in [1.165, 1.54) is 56.3 Å². The molecule has 0 spiro atoms. The van der Waals surface area contributed by atoms with Crippen LogP contribution in [0.25, 0.3) is 0 Å². The Balaban J connectivity index is -0.000000512. The Hall–Kier alpha value is -2.75. The number of aldehydes is 1. The number of aromatic nitrogens is 3. The van der Waals surface area contributed by atoms with Crippen LogP contribution in [0.1, 0.15) is 87.1 Å². The van der Waals surface area contributed by atoms with Crippen molar-refractivity contribution in [2.45, 2.75) is 78.1 Å². The van der Waals surface area contributed by atoms with Crippen LogP contribution in [0.3, 0.4) is 0 Å². The largest absolute Gasteiger partial charge is 0.330 e. The molecule has 0 aromatic carbocycles. The van der Waals surface area contributed by atoms with Crippen molar-refractivity contribution in [1.29, 1.82) is 0 Å². The SMILES string of the molecule is C.CNCCCCCCc1ccccn1.CNCCCN.Cl.NCCCCCCc1ccccn1.O=Cc1ccccn1. The lowest BCUT2D eigenvalue weighted by Crippen LogP contribution is -2.12. The molecule has 0 bridgehead atoms. The van der Waals surface area contributed by atoms with Gasteiger partial charge in [-0.3, -0.25) is 19.7 Å². The Kier molecular flexibility index (Phi) is 38.7. The fourth-order valence-corrected chi connectivity index (χ4v) is 3.58. The predicted octanol–water partition coefficient (Wildman–Crippen LogP) is 6.05. The van der Waals surface area contributed by atoms with E-state index in [1.807, 2.05) is 44.7 Å². The molecule has 43 heavy (non-hydrogen) atoms. The second-order valence-corrected chi connectivity index (χ2v) is 9.48. The normalized spacial score (nSPS) is 9.30. The zero-order valence-corrected chi connectivity index (χ0v) is 26.7. The summed E-state index contributed by atoms with van der Waals surface area (Å²) in [4.78, 5) is 22.2. The minimum Gasteiger partial charge on any atom is -0.330 e. The summed E-state index contributed by atoms with van der Waals surface area (Å²) >= 11 is 0. The zero-order valence-electron chi connectivity index (χ0n) is 25.9. The number of nitrogens with two attached hydrogens (primary N) is 2. The number of unbranched alkanes of at least 4 members (excludes halogenated alkanes) is 6. The van der Waals surface area contributed by atoms with Crippen LogP contribution < -0.4 is 22.1 Å². The molecule has 8 nitrogen and oxygen atoms in total. The van der Waals surface area contributed by atoms with Crippen LogP contribution in [0.4, 0.5) is 0 Å². The van der Waals surface area contributed by atoms with Gasteiger partial charge in [0.1, 0.15) is 5.69 Å². The van der Waals surface area contributed by atoms with E-state index in [0.717, 1.165) is 58.1 Å². The quantitative estimate of drug-likeness (QED) is 0.106.